The topological polar surface area (TPSA) is 0 Å². The molecule has 0 aliphatic rings. The molecule has 1 aromatic rings. The van der Waals surface area contributed by atoms with E-state index < -0.39 is 0 Å². The Kier molecular flexibility index (Phi) is 11.9. The molecule has 0 aliphatic carbocycles. The van der Waals surface area contributed by atoms with E-state index in [9.17, 15) is 0 Å². The highest BCUT2D eigenvalue weighted by Crippen LogP contribution is 2.23. The van der Waals surface area contributed by atoms with Crippen LogP contribution in [-0.4, -0.2) is 0 Å². The van der Waals surface area contributed by atoms with Gasteiger partial charge in [0.25, 0.3) is 0 Å². The summed E-state index contributed by atoms with van der Waals surface area (Å²) in [7, 11) is 0. The predicted octanol–water partition coefficient (Wildman–Crippen LogP) is 7.63. The molecule has 0 spiro atoms. The second kappa shape index (κ2) is 13.4. The Morgan fingerprint density at radius 3 is 1.95 bits per heavy atom. The van der Waals surface area contributed by atoms with Crippen molar-refractivity contribution in [2.24, 2.45) is 5.92 Å². The molecule has 0 aliphatic heterocycles. The first-order valence-corrected chi connectivity index (χ1v) is 10.3. The van der Waals surface area contributed by atoms with Gasteiger partial charge in [-0.1, -0.05) is 90.9 Å². The van der Waals surface area contributed by atoms with E-state index in [0.29, 0.717) is 0 Å². The fraction of sp³-hybridized carbons (Fsp3) is 0.800. The van der Waals surface area contributed by atoms with Gasteiger partial charge in [0.05, 0.1) is 0 Å². The van der Waals surface area contributed by atoms with Crippen LogP contribution >= 0.6 is 11.3 Å². The normalized spacial score (nSPS) is 12.7. The van der Waals surface area contributed by atoms with E-state index in [-0.39, 0.29) is 0 Å². The second-order valence-electron chi connectivity index (χ2n) is 6.61. The Morgan fingerprint density at radius 1 is 0.810 bits per heavy atom. The molecule has 1 heteroatoms. The van der Waals surface area contributed by atoms with Gasteiger partial charge in [0.1, 0.15) is 0 Å². The predicted molar refractivity (Wildman–Crippen MR) is 98.3 cm³/mol. The van der Waals surface area contributed by atoms with E-state index in [4.69, 9.17) is 0 Å². The summed E-state index contributed by atoms with van der Waals surface area (Å²) in [5.41, 5.74) is 1.58. The van der Waals surface area contributed by atoms with Gasteiger partial charge in [0.2, 0.25) is 0 Å². The molecule has 0 nitrogen and oxygen atoms in total. The van der Waals surface area contributed by atoms with E-state index in [1.807, 2.05) is 11.3 Å². The summed E-state index contributed by atoms with van der Waals surface area (Å²) in [4.78, 5) is 0. The van der Waals surface area contributed by atoms with Gasteiger partial charge < -0.3 is 0 Å². The van der Waals surface area contributed by atoms with Gasteiger partial charge in [-0.15, -0.1) is 0 Å². The lowest BCUT2D eigenvalue weighted by atomic mass is 9.89. The molecule has 0 radical (unpaired) electrons. The summed E-state index contributed by atoms with van der Waals surface area (Å²) in [6.45, 7) is 4.60. The molecule has 122 valence electrons. The zero-order valence-electron chi connectivity index (χ0n) is 14.4. The van der Waals surface area contributed by atoms with Gasteiger partial charge >= 0.3 is 0 Å². The van der Waals surface area contributed by atoms with Crippen LogP contribution in [0.15, 0.2) is 16.8 Å². The van der Waals surface area contributed by atoms with E-state index in [1.54, 1.807) is 5.56 Å². The zero-order chi connectivity index (χ0) is 15.2. The Bertz CT molecular complexity index is 302. The van der Waals surface area contributed by atoms with E-state index in [0.717, 1.165) is 5.92 Å². The summed E-state index contributed by atoms with van der Waals surface area (Å²) < 4.78 is 0. The van der Waals surface area contributed by atoms with Crippen molar-refractivity contribution in [3.05, 3.63) is 22.4 Å². The number of unbranched alkanes of at least 4 members (excludes halogenated alkanes) is 8. The van der Waals surface area contributed by atoms with Gasteiger partial charge in [-0.3, -0.25) is 0 Å². The Labute approximate surface area is 137 Å². The molecule has 21 heavy (non-hydrogen) atoms. The maximum Gasteiger partial charge on any atom is -0.00612 e. The standard InChI is InChI=1S/C20H36S/c1-3-5-7-9-10-12-14-19(13-11-8-6-4-2)17-20-15-16-21-18-20/h15-16,18-19H,3-14,17H2,1-2H3/t19-/m1/s1. The SMILES string of the molecule is CCCCCCCC[C@@H](CCCCCC)Cc1ccsc1. The minimum absolute atomic E-state index is 0.933. The van der Waals surface area contributed by atoms with Crippen molar-refractivity contribution >= 4 is 11.3 Å². The zero-order valence-corrected chi connectivity index (χ0v) is 15.2. The highest BCUT2D eigenvalue weighted by Gasteiger charge is 2.10. The molecular formula is C20H36S. The quantitative estimate of drug-likeness (QED) is 0.310. The first-order valence-electron chi connectivity index (χ1n) is 9.37. The number of thiophene rings is 1. The summed E-state index contributed by atoms with van der Waals surface area (Å²) >= 11 is 1.85. The molecule has 1 rings (SSSR count). The smallest absolute Gasteiger partial charge is 0.00612 e. The third kappa shape index (κ3) is 10.1. The minimum atomic E-state index is 0.933. The van der Waals surface area contributed by atoms with E-state index >= 15 is 0 Å². The molecule has 1 aromatic heterocycles. The number of hydrogen-bond acceptors (Lipinski definition) is 1. The van der Waals surface area contributed by atoms with Crippen molar-refractivity contribution in [3.63, 3.8) is 0 Å². The maximum atomic E-state index is 2.35. The van der Waals surface area contributed by atoms with Gasteiger partial charge in [-0.2, -0.15) is 11.3 Å². The summed E-state index contributed by atoms with van der Waals surface area (Å²) in [5, 5.41) is 4.58. The van der Waals surface area contributed by atoms with Crippen molar-refractivity contribution in [3.8, 4) is 0 Å². The third-order valence-corrected chi connectivity index (χ3v) is 5.27. The molecule has 0 amide bonds. The minimum Gasteiger partial charge on any atom is -0.152 e. The highest BCUT2D eigenvalue weighted by molar-refractivity contribution is 7.07. The third-order valence-electron chi connectivity index (χ3n) is 4.54. The molecule has 0 N–H and O–H groups in total. The lowest BCUT2D eigenvalue weighted by Crippen LogP contribution is -2.04. The van der Waals surface area contributed by atoms with Crippen LogP contribution < -0.4 is 0 Å². The van der Waals surface area contributed by atoms with Crippen LogP contribution in [0, 0.1) is 5.92 Å². The van der Waals surface area contributed by atoms with Crippen molar-refractivity contribution < 1.29 is 0 Å². The van der Waals surface area contributed by atoms with Crippen LogP contribution in [0.25, 0.3) is 0 Å². The summed E-state index contributed by atoms with van der Waals surface area (Å²) in [6, 6.07) is 2.32. The Morgan fingerprint density at radius 2 is 1.38 bits per heavy atom. The largest absolute Gasteiger partial charge is 0.152 e. The van der Waals surface area contributed by atoms with E-state index in [1.165, 1.54) is 83.5 Å². The van der Waals surface area contributed by atoms with Crippen LogP contribution in [0.4, 0.5) is 0 Å². The average molecular weight is 309 g/mol. The first-order chi connectivity index (χ1) is 10.4. The lowest BCUT2D eigenvalue weighted by molar-refractivity contribution is 0.402. The maximum absolute atomic E-state index is 2.35. The molecule has 1 atom stereocenters. The van der Waals surface area contributed by atoms with Crippen molar-refractivity contribution in [2.45, 2.75) is 97.3 Å². The van der Waals surface area contributed by atoms with Gasteiger partial charge in [-0.25, -0.2) is 0 Å². The lowest BCUT2D eigenvalue weighted by Gasteiger charge is -2.16. The van der Waals surface area contributed by atoms with Crippen LogP contribution in [-0.2, 0) is 6.42 Å². The van der Waals surface area contributed by atoms with Crippen molar-refractivity contribution in [1.82, 2.24) is 0 Å². The fourth-order valence-electron chi connectivity index (χ4n) is 3.16. The van der Waals surface area contributed by atoms with Crippen LogP contribution in [0.3, 0.4) is 0 Å². The molecule has 1 heterocycles. The van der Waals surface area contributed by atoms with Crippen LogP contribution in [0.2, 0.25) is 0 Å². The molecule has 0 saturated carbocycles. The molecule has 0 bridgehead atoms. The summed E-state index contributed by atoms with van der Waals surface area (Å²) in [5.74, 6) is 0.933. The number of hydrogen-bond donors (Lipinski definition) is 0. The monoisotopic (exact) mass is 308 g/mol. The number of rotatable bonds is 14. The Hall–Kier alpha value is -0.300. The van der Waals surface area contributed by atoms with Gasteiger partial charge in [0, 0.05) is 0 Å². The van der Waals surface area contributed by atoms with Crippen molar-refractivity contribution in [2.75, 3.05) is 0 Å². The van der Waals surface area contributed by atoms with Gasteiger partial charge in [0.15, 0.2) is 0 Å². The Balaban J connectivity index is 2.19. The average Bonchev–Trinajstić information content (AvgIpc) is 2.99. The fourth-order valence-corrected chi connectivity index (χ4v) is 3.85. The first kappa shape index (κ1) is 18.7. The van der Waals surface area contributed by atoms with Crippen LogP contribution in [0.1, 0.15) is 96.5 Å². The van der Waals surface area contributed by atoms with E-state index in [2.05, 4.69) is 30.7 Å². The molecule has 0 saturated heterocycles. The molecular weight excluding hydrogens is 272 g/mol. The molecule has 0 fully saturated rings. The molecule has 0 aromatic carbocycles. The van der Waals surface area contributed by atoms with Crippen molar-refractivity contribution in [1.29, 1.82) is 0 Å². The van der Waals surface area contributed by atoms with Gasteiger partial charge in [-0.05, 0) is 34.7 Å². The van der Waals surface area contributed by atoms with Crippen LogP contribution in [0.5, 0.6) is 0 Å². The highest BCUT2D eigenvalue weighted by atomic mass is 32.1. The molecule has 0 unspecified atom stereocenters. The second-order valence-corrected chi connectivity index (χ2v) is 7.39. The summed E-state index contributed by atoms with van der Waals surface area (Å²) in [6.07, 6.45) is 18.5.